The van der Waals surface area contributed by atoms with E-state index in [4.69, 9.17) is 10.2 Å². The number of nitrogens with zero attached hydrogens (tertiary/aromatic N) is 2. The van der Waals surface area contributed by atoms with E-state index in [9.17, 15) is 5.11 Å². The number of aliphatic imine (C=N–C) groups is 1. The lowest BCUT2D eigenvalue weighted by atomic mass is 10.2. The Balaban J connectivity index is 1.81. The minimum Gasteiger partial charge on any atom is -0.508 e. The molecule has 3 rings (SSSR count). The van der Waals surface area contributed by atoms with Crippen LogP contribution in [0.1, 0.15) is 5.56 Å². The van der Waals surface area contributed by atoms with Gasteiger partial charge in [0.2, 0.25) is 0 Å². The molecule has 0 fully saturated rings. The minimum atomic E-state index is 0.207. The van der Waals surface area contributed by atoms with Gasteiger partial charge in [0.15, 0.2) is 5.76 Å². The molecule has 6 heteroatoms. The molecule has 6 nitrogen and oxygen atoms in total. The molecule has 3 aromatic rings. The van der Waals surface area contributed by atoms with Crippen molar-refractivity contribution in [3.8, 4) is 17.1 Å². The molecular weight excluding hydrogens is 292 g/mol. The summed E-state index contributed by atoms with van der Waals surface area (Å²) in [6.45, 7) is 0. The van der Waals surface area contributed by atoms with Crippen LogP contribution in [0.2, 0.25) is 0 Å². The van der Waals surface area contributed by atoms with Gasteiger partial charge in [-0.1, -0.05) is 0 Å². The Labute approximate surface area is 133 Å². The normalized spacial score (nSPS) is 11.0. The van der Waals surface area contributed by atoms with E-state index in [0.717, 1.165) is 16.8 Å². The third-order valence-corrected chi connectivity index (χ3v) is 3.26. The Morgan fingerprint density at radius 2 is 2.00 bits per heavy atom. The van der Waals surface area contributed by atoms with Crippen LogP contribution < -0.4 is 11.1 Å². The molecule has 0 spiro atoms. The number of anilines is 3. The van der Waals surface area contributed by atoms with Crippen LogP contribution >= 0.6 is 0 Å². The lowest BCUT2D eigenvalue weighted by molar-refractivity contribution is 0.475. The largest absolute Gasteiger partial charge is 0.508 e. The molecule has 1 heterocycles. The molecule has 4 N–H and O–H groups in total. The maximum atomic E-state index is 9.32. The molecule has 2 aromatic carbocycles. The van der Waals surface area contributed by atoms with E-state index in [-0.39, 0.29) is 5.75 Å². The topological polar surface area (TPSA) is 96.7 Å². The molecular formula is C17H16N4O2. The molecule has 0 saturated carbocycles. The van der Waals surface area contributed by atoms with Crippen LogP contribution in [0.4, 0.5) is 17.4 Å². The average Bonchev–Trinajstić information content (AvgIpc) is 3.00. The van der Waals surface area contributed by atoms with Gasteiger partial charge in [-0.3, -0.25) is 4.99 Å². The summed E-state index contributed by atoms with van der Waals surface area (Å²) in [7, 11) is 1.69. The standard InChI is InChI=1S/C17H16N4O2/c1-19-9-12-8-13(4-7-15(12)18)21-17-20-10-16(23-17)11-2-5-14(22)6-3-11/h2-10,22H,18H2,1H3,(H,20,21). The van der Waals surface area contributed by atoms with E-state index in [1.165, 1.54) is 0 Å². The predicted octanol–water partition coefficient (Wildman–Crippen LogP) is 3.42. The zero-order chi connectivity index (χ0) is 16.2. The Kier molecular flexibility index (Phi) is 3.97. The van der Waals surface area contributed by atoms with E-state index >= 15 is 0 Å². The smallest absolute Gasteiger partial charge is 0.299 e. The first-order valence-corrected chi connectivity index (χ1v) is 6.99. The number of benzene rings is 2. The van der Waals surface area contributed by atoms with Gasteiger partial charge in [-0.05, 0) is 42.5 Å². The van der Waals surface area contributed by atoms with Crippen molar-refractivity contribution in [2.24, 2.45) is 4.99 Å². The van der Waals surface area contributed by atoms with Crippen LogP contribution in [0.5, 0.6) is 5.75 Å². The monoisotopic (exact) mass is 308 g/mol. The molecule has 0 radical (unpaired) electrons. The van der Waals surface area contributed by atoms with Crippen molar-refractivity contribution in [3.63, 3.8) is 0 Å². The molecule has 0 aliphatic carbocycles. The number of hydrogen-bond donors (Lipinski definition) is 3. The number of phenolic OH excluding ortho intramolecular Hbond substituents is 1. The molecule has 0 aliphatic heterocycles. The lowest BCUT2D eigenvalue weighted by Crippen LogP contribution is -1.96. The second-order valence-corrected chi connectivity index (χ2v) is 4.93. The van der Waals surface area contributed by atoms with E-state index < -0.39 is 0 Å². The number of phenols is 1. The van der Waals surface area contributed by atoms with Gasteiger partial charge in [0, 0.05) is 35.8 Å². The summed E-state index contributed by atoms with van der Waals surface area (Å²) < 4.78 is 5.67. The van der Waals surface area contributed by atoms with Crippen molar-refractivity contribution in [1.29, 1.82) is 0 Å². The number of hydrogen-bond acceptors (Lipinski definition) is 6. The second-order valence-electron chi connectivity index (χ2n) is 4.93. The van der Waals surface area contributed by atoms with Crippen LogP contribution in [-0.2, 0) is 0 Å². The SMILES string of the molecule is CN=Cc1cc(Nc2ncc(-c3ccc(O)cc3)o2)ccc1N. The van der Waals surface area contributed by atoms with Crippen LogP contribution in [0.25, 0.3) is 11.3 Å². The number of rotatable bonds is 4. The fourth-order valence-electron chi connectivity index (χ4n) is 2.12. The summed E-state index contributed by atoms with van der Waals surface area (Å²) in [5.41, 5.74) is 8.99. The van der Waals surface area contributed by atoms with E-state index in [1.807, 2.05) is 12.1 Å². The van der Waals surface area contributed by atoms with Gasteiger partial charge in [-0.2, -0.15) is 0 Å². The van der Waals surface area contributed by atoms with Crippen molar-refractivity contribution in [3.05, 3.63) is 54.2 Å². The zero-order valence-corrected chi connectivity index (χ0v) is 12.5. The first-order valence-electron chi connectivity index (χ1n) is 6.99. The molecule has 1 aromatic heterocycles. The number of nitrogen functional groups attached to an aromatic ring is 1. The summed E-state index contributed by atoms with van der Waals surface area (Å²) in [5.74, 6) is 0.817. The number of nitrogens with two attached hydrogens (primary N) is 1. The van der Waals surface area contributed by atoms with Gasteiger partial charge in [-0.15, -0.1) is 0 Å². The fourth-order valence-corrected chi connectivity index (χ4v) is 2.12. The highest BCUT2D eigenvalue weighted by Crippen LogP contribution is 2.26. The van der Waals surface area contributed by atoms with Crippen molar-refractivity contribution in [2.45, 2.75) is 0 Å². The molecule has 116 valence electrons. The van der Waals surface area contributed by atoms with Gasteiger partial charge in [-0.25, -0.2) is 4.98 Å². The first kappa shape index (κ1) is 14.6. The van der Waals surface area contributed by atoms with Crippen molar-refractivity contribution < 1.29 is 9.52 Å². The van der Waals surface area contributed by atoms with Crippen molar-refractivity contribution >= 4 is 23.6 Å². The molecule has 23 heavy (non-hydrogen) atoms. The van der Waals surface area contributed by atoms with E-state index in [0.29, 0.717) is 17.5 Å². The van der Waals surface area contributed by atoms with Crippen molar-refractivity contribution in [1.82, 2.24) is 4.98 Å². The van der Waals surface area contributed by atoms with Gasteiger partial charge < -0.3 is 20.6 Å². The lowest BCUT2D eigenvalue weighted by Gasteiger charge is -2.05. The summed E-state index contributed by atoms with van der Waals surface area (Å²) in [6, 6.07) is 12.6. The highest BCUT2D eigenvalue weighted by atomic mass is 16.4. The highest BCUT2D eigenvalue weighted by Gasteiger charge is 2.07. The number of aromatic hydroxyl groups is 1. The zero-order valence-electron chi connectivity index (χ0n) is 12.5. The Bertz CT molecular complexity index is 838. The van der Waals surface area contributed by atoms with E-state index in [1.54, 1.807) is 49.8 Å². The van der Waals surface area contributed by atoms with E-state index in [2.05, 4.69) is 15.3 Å². The van der Waals surface area contributed by atoms with Gasteiger partial charge in [0.05, 0.1) is 6.20 Å². The number of oxazole rings is 1. The summed E-state index contributed by atoms with van der Waals surface area (Å²) in [4.78, 5) is 8.18. The third-order valence-electron chi connectivity index (χ3n) is 3.26. The number of aromatic nitrogens is 1. The Hall–Kier alpha value is -3.28. The molecule has 0 saturated heterocycles. The summed E-state index contributed by atoms with van der Waals surface area (Å²) in [5, 5.41) is 12.4. The van der Waals surface area contributed by atoms with Crippen molar-refractivity contribution in [2.75, 3.05) is 18.1 Å². The highest BCUT2D eigenvalue weighted by molar-refractivity contribution is 5.88. The van der Waals surface area contributed by atoms with Gasteiger partial charge in [0.1, 0.15) is 5.75 Å². The van der Waals surface area contributed by atoms with Crippen LogP contribution in [0.3, 0.4) is 0 Å². The molecule has 0 atom stereocenters. The Morgan fingerprint density at radius 3 is 2.74 bits per heavy atom. The summed E-state index contributed by atoms with van der Waals surface area (Å²) in [6.07, 6.45) is 3.32. The van der Waals surface area contributed by atoms with Gasteiger partial charge in [0.25, 0.3) is 6.01 Å². The van der Waals surface area contributed by atoms with Crippen LogP contribution in [-0.4, -0.2) is 23.4 Å². The minimum absolute atomic E-state index is 0.207. The molecule has 0 bridgehead atoms. The quantitative estimate of drug-likeness (QED) is 0.507. The first-order chi connectivity index (χ1) is 11.2. The third kappa shape index (κ3) is 3.32. The molecule has 0 unspecified atom stereocenters. The number of nitrogens with one attached hydrogen (secondary N) is 1. The molecule has 0 amide bonds. The van der Waals surface area contributed by atoms with Crippen LogP contribution in [0.15, 0.2) is 58.1 Å². The van der Waals surface area contributed by atoms with Crippen LogP contribution in [0, 0.1) is 0 Å². The summed E-state index contributed by atoms with van der Waals surface area (Å²) >= 11 is 0. The second kappa shape index (κ2) is 6.23. The van der Waals surface area contributed by atoms with Gasteiger partial charge >= 0.3 is 0 Å². The maximum absolute atomic E-state index is 9.32. The fraction of sp³-hybridized carbons (Fsp3) is 0.0588. The predicted molar refractivity (Wildman–Crippen MR) is 91.3 cm³/mol. The Morgan fingerprint density at radius 1 is 1.22 bits per heavy atom. The molecule has 0 aliphatic rings. The maximum Gasteiger partial charge on any atom is 0.299 e. The average molecular weight is 308 g/mol.